The Labute approximate surface area is 112 Å². The highest BCUT2D eigenvalue weighted by Crippen LogP contribution is 2.34. The Morgan fingerprint density at radius 2 is 2.11 bits per heavy atom. The molecule has 0 radical (unpaired) electrons. The third kappa shape index (κ3) is 2.81. The summed E-state index contributed by atoms with van der Waals surface area (Å²) in [5, 5.41) is 9.09. The van der Waals surface area contributed by atoms with E-state index in [2.05, 4.69) is 0 Å². The van der Waals surface area contributed by atoms with Gasteiger partial charge in [0.25, 0.3) is 5.91 Å². The van der Waals surface area contributed by atoms with Gasteiger partial charge in [-0.3, -0.25) is 4.79 Å². The summed E-state index contributed by atoms with van der Waals surface area (Å²) in [4.78, 5) is 14.2. The Morgan fingerprint density at radius 3 is 2.63 bits per heavy atom. The zero-order chi connectivity index (χ0) is 13.8. The topological polar surface area (TPSA) is 59.0 Å². The Hall–Kier alpha value is -1.75. The molecule has 0 aliphatic heterocycles. The Morgan fingerprint density at radius 1 is 1.37 bits per heavy atom. The zero-order valence-corrected chi connectivity index (χ0v) is 11.3. The number of nitrogens with zero attached hydrogens (tertiary/aromatic N) is 1. The fourth-order valence-corrected chi connectivity index (χ4v) is 2.15. The van der Waals surface area contributed by atoms with Crippen molar-refractivity contribution in [1.29, 1.82) is 0 Å². The minimum absolute atomic E-state index is 0.0332. The van der Waals surface area contributed by atoms with E-state index in [1.165, 1.54) is 7.11 Å². The van der Waals surface area contributed by atoms with E-state index in [0.717, 1.165) is 12.8 Å². The Bertz CT molecular complexity index is 457. The Kier molecular flexibility index (Phi) is 4.27. The van der Waals surface area contributed by atoms with E-state index in [0.29, 0.717) is 23.6 Å². The molecule has 1 N–H and O–H groups in total. The van der Waals surface area contributed by atoms with Gasteiger partial charge in [0.1, 0.15) is 0 Å². The molecule has 0 saturated heterocycles. The molecule has 5 nitrogen and oxygen atoms in total. The smallest absolute Gasteiger partial charge is 0.258 e. The van der Waals surface area contributed by atoms with Crippen molar-refractivity contribution >= 4 is 5.91 Å². The molecule has 1 aromatic rings. The predicted octanol–water partition coefficient (Wildman–Crippen LogP) is 1.30. The highest BCUT2D eigenvalue weighted by atomic mass is 16.5. The van der Waals surface area contributed by atoms with Crippen LogP contribution in [0.25, 0.3) is 0 Å². The van der Waals surface area contributed by atoms with Gasteiger partial charge in [0.05, 0.1) is 26.4 Å². The average Bonchev–Trinajstić information content (AvgIpc) is 3.27. The normalized spacial score (nSPS) is 14.1. The summed E-state index contributed by atoms with van der Waals surface area (Å²) in [7, 11) is 3.06. The lowest BCUT2D eigenvalue weighted by Gasteiger charge is -2.23. The first-order valence-corrected chi connectivity index (χ1v) is 6.35. The average molecular weight is 265 g/mol. The number of aliphatic hydroxyl groups is 1. The fourth-order valence-electron chi connectivity index (χ4n) is 2.15. The number of para-hydroxylation sites is 1. The van der Waals surface area contributed by atoms with Gasteiger partial charge in [-0.1, -0.05) is 6.07 Å². The minimum Gasteiger partial charge on any atom is -0.493 e. The molecular formula is C14H19NO4. The summed E-state index contributed by atoms with van der Waals surface area (Å²) in [5.74, 6) is 0.860. The molecular weight excluding hydrogens is 246 g/mol. The maximum atomic E-state index is 12.5. The first-order valence-electron chi connectivity index (χ1n) is 6.35. The molecule has 0 heterocycles. The van der Waals surface area contributed by atoms with Crippen molar-refractivity contribution in [3.63, 3.8) is 0 Å². The second-order valence-corrected chi connectivity index (χ2v) is 4.49. The van der Waals surface area contributed by atoms with Crippen LogP contribution in [0.4, 0.5) is 0 Å². The lowest BCUT2D eigenvalue weighted by molar-refractivity contribution is 0.0703. The van der Waals surface area contributed by atoms with Crippen LogP contribution >= 0.6 is 0 Å². The van der Waals surface area contributed by atoms with E-state index < -0.39 is 0 Å². The van der Waals surface area contributed by atoms with Gasteiger partial charge in [-0.2, -0.15) is 0 Å². The molecule has 1 aliphatic carbocycles. The van der Waals surface area contributed by atoms with Gasteiger partial charge in [-0.05, 0) is 25.0 Å². The summed E-state index contributed by atoms with van der Waals surface area (Å²) in [6, 6.07) is 5.48. The second-order valence-electron chi connectivity index (χ2n) is 4.49. The SMILES string of the molecule is COc1cccc(C(=O)N(CCO)C2CC2)c1OC. The zero-order valence-electron chi connectivity index (χ0n) is 11.3. The van der Waals surface area contributed by atoms with Crippen LogP contribution in [0.1, 0.15) is 23.2 Å². The van der Waals surface area contributed by atoms with Crippen LogP contribution in [0.5, 0.6) is 11.5 Å². The van der Waals surface area contributed by atoms with Crippen LogP contribution in [0.2, 0.25) is 0 Å². The molecule has 1 fully saturated rings. The van der Waals surface area contributed by atoms with Crippen molar-refractivity contribution in [3.05, 3.63) is 23.8 Å². The fraction of sp³-hybridized carbons (Fsp3) is 0.500. The molecule has 0 spiro atoms. The van der Waals surface area contributed by atoms with Crippen molar-refractivity contribution in [2.24, 2.45) is 0 Å². The second kappa shape index (κ2) is 5.93. The van der Waals surface area contributed by atoms with Crippen LogP contribution in [0.3, 0.4) is 0 Å². The maximum Gasteiger partial charge on any atom is 0.258 e. The van der Waals surface area contributed by atoms with Gasteiger partial charge >= 0.3 is 0 Å². The van der Waals surface area contributed by atoms with Crippen molar-refractivity contribution in [1.82, 2.24) is 4.90 Å². The molecule has 0 unspecified atom stereocenters. The molecule has 0 atom stereocenters. The molecule has 1 aliphatic rings. The first-order chi connectivity index (χ1) is 9.22. The number of ether oxygens (including phenoxy) is 2. The Balaban J connectivity index is 2.31. The van der Waals surface area contributed by atoms with Crippen LogP contribution in [-0.2, 0) is 0 Å². The lowest BCUT2D eigenvalue weighted by Crippen LogP contribution is -2.35. The molecule has 2 rings (SSSR count). The van der Waals surface area contributed by atoms with Crippen molar-refractivity contribution in [2.75, 3.05) is 27.4 Å². The van der Waals surface area contributed by atoms with E-state index in [4.69, 9.17) is 14.6 Å². The number of carbonyl (C=O) groups is 1. The van der Waals surface area contributed by atoms with Crippen molar-refractivity contribution in [3.8, 4) is 11.5 Å². The number of aliphatic hydroxyl groups excluding tert-OH is 1. The molecule has 19 heavy (non-hydrogen) atoms. The maximum absolute atomic E-state index is 12.5. The quantitative estimate of drug-likeness (QED) is 0.842. The highest BCUT2D eigenvalue weighted by Gasteiger charge is 2.34. The van der Waals surface area contributed by atoms with Gasteiger partial charge < -0.3 is 19.5 Å². The number of carbonyl (C=O) groups excluding carboxylic acids is 1. The van der Waals surface area contributed by atoms with E-state index in [9.17, 15) is 4.79 Å². The number of hydrogen-bond acceptors (Lipinski definition) is 4. The molecule has 104 valence electrons. The van der Waals surface area contributed by atoms with Crippen molar-refractivity contribution < 1.29 is 19.4 Å². The largest absolute Gasteiger partial charge is 0.493 e. The molecule has 1 aromatic carbocycles. The van der Waals surface area contributed by atoms with Crippen LogP contribution in [0.15, 0.2) is 18.2 Å². The molecule has 1 saturated carbocycles. The summed E-state index contributed by atoms with van der Waals surface area (Å²) in [5.41, 5.74) is 0.474. The van der Waals surface area contributed by atoms with Crippen LogP contribution in [-0.4, -0.2) is 49.3 Å². The summed E-state index contributed by atoms with van der Waals surface area (Å²) < 4.78 is 10.5. The monoisotopic (exact) mass is 265 g/mol. The van der Waals surface area contributed by atoms with Gasteiger partial charge in [0.15, 0.2) is 11.5 Å². The van der Waals surface area contributed by atoms with E-state index >= 15 is 0 Å². The number of amides is 1. The third-order valence-electron chi connectivity index (χ3n) is 3.22. The standard InChI is InChI=1S/C14H19NO4/c1-18-12-5-3-4-11(13(12)19-2)14(17)15(8-9-16)10-6-7-10/h3-5,10,16H,6-9H2,1-2H3. The van der Waals surface area contributed by atoms with E-state index in [-0.39, 0.29) is 18.6 Å². The molecule has 5 heteroatoms. The third-order valence-corrected chi connectivity index (χ3v) is 3.22. The van der Waals surface area contributed by atoms with E-state index in [1.807, 2.05) is 0 Å². The van der Waals surface area contributed by atoms with Crippen molar-refractivity contribution in [2.45, 2.75) is 18.9 Å². The lowest BCUT2D eigenvalue weighted by atomic mass is 10.1. The molecule has 0 bridgehead atoms. The molecule has 1 amide bonds. The van der Waals surface area contributed by atoms with Gasteiger partial charge in [-0.25, -0.2) is 0 Å². The number of benzene rings is 1. The highest BCUT2D eigenvalue weighted by molar-refractivity contribution is 5.98. The van der Waals surface area contributed by atoms with E-state index in [1.54, 1.807) is 30.2 Å². The molecule has 0 aromatic heterocycles. The minimum atomic E-state index is -0.118. The summed E-state index contributed by atoms with van der Waals surface area (Å²) in [6.45, 7) is 0.318. The van der Waals surface area contributed by atoms with Gasteiger partial charge in [0.2, 0.25) is 0 Å². The summed E-state index contributed by atoms with van der Waals surface area (Å²) >= 11 is 0. The summed E-state index contributed by atoms with van der Waals surface area (Å²) in [6.07, 6.45) is 2.00. The number of rotatable bonds is 6. The van der Waals surface area contributed by atoms with Gasteiger partial charge in [0, 0.05) is 12.6 Å². The van der Waals surface area contributed by atoms with Gasteiger partial charge in [-0.15, -0.1) is 0 Å². The van der Waals surface area contributed by atoms with Crippen LogP contribution < -0.4 is 9.47 Å². The predicted molar refractivity (Wildman–Crippen MR) is 70.7 cm³/mol. The number of methoxy groups -OCH3 is 2. The first kappa shape index (κ1) is 13.7. The number of hydrogen-bond donors (Lipinski definition) is 1. The van der Waals surface area contributed by atoms with Crippen LogP contribution in [0, 0.1) is 0 Å².